The molecule has 0 radical (unpaired) electrons. The van der Waals surface area contributed by atoms with Crippen molar-refractivity contribution in [2.75, 3.05) is 14.2 Å². The summed E-state index contributed by atoms with van der Waals surface area (Å²) in [7, 11) is 3.10. The number of nitro groups is 1. The number of para-hydroxylation sites is 1. The van der Waals surface area contributed by atoms with Crippen molar-refractivity contribution in [3.63, 3.8) is 0 Å². The van der Waals surface area contributed by atoms with E-state index in [1.54, 1.807) is 43.5 Å². The van der Waals surface area contributed by atoms with Crippen molar-refractivity contribution in [3.8, 4) is 11.5 Å². The Balaban J connectivity index is 2.03. The van der Waals surface area contributed by atoms with Gasteiger partial charge in [-0.2, -0.15) is 0 Å². The van der Waals surface area contributed by atoms with Crippen LogP contribution in [0.5, 0.6) is 11.5 Å². The molecule has 0 heterocycles. The summed E-state index contributed by atoms with van der Waals surface area (Å²) >= 11 is 0. The van der Waals surface area contributed by atoms with Crippen molar-refractivity contribution >= 4 is 17.7 Å². The molecule has 0 aliphatic heterocycles. The average Bonchev–Trinajstić information content (AvgIpc) is 2.64. The SMILES string of the molecule is COc1ccc(CNC(=O)/C=C/c2ccccc2[N+](=O)[O-])c(OC)c1. The zero-order chi connectivity index (χ0) is 18.2. The molecule has 1 N–H and O–H groups in total. The molecular weight excluding hydrogens is 324 g/mol. The van der Waals surface area contributed by atoms with Gasteiger partial charge in [-0.25, -0.2) is 0 Å². The van der Waals surface area contributed by atoms with Gasteiger partial charge in [-0.05, 0) is 24.3 Å². The molecule has 0 aliphatic rings. The summed E-state index contributed by atoms with van der Waals surface area (Å²) in [4.78, 5) is 22.4. The number of carbonyl (C=O) groups excluding carboxylic acids is 1. The van der Waals surface area contributed by atoms with E-state index in [9.17, 15) is 14.9 Å². The van der Waals surface area contributed by atoms with Crippen LogP contribution in [0.2, 0.25) is 0 Å². The molecule has 130 valence electrons. The third-order valence-electron chi connectivity index (χ3n) is 3.50. The van der Waals surface area contributed by atoms with E-state index in [-0.39, 0.29) is 18.1 Å². The minimum absolute atomic E-state index is 0.0524. The Kier molecular flexibility index (Phi) is 6.11. The molecule has 0 atom stereocenters. The number of ether oxygens (including phenoxy) is 2. The number of benzene rings is 2. The Bertz CT molecular complexity index is 802. The van der Waals surface area contributed by atoms with E-state index in [4.69, 9.17) is 9.47 Å². The van der Waals surface area contributed by atoms with E-state index in [2.05, 4.69) is 5.32 Å². The van der Waals surface area contributed by atoms with E-state index in [0.717, 1.165) is 5.56 Å². The zero-order valence-electron chi connectivity index (χ0n) is 13.9. The maximum atomic E-state index is 12.0. The Labute approximate surface area is 145 Å². The van der Waals surface area contributed by atoms with E-state index < -0.39 is 4.92 Å². The minimum atomic E-state index is -0.486. The van der Waals surface area contributed by atoms with Gasteiger partial charge >= 0.3 is 0 Å². The second kappa shape index (κ2) is 8.49. The fraction of sp³-hybridized carbons (Fsp3) is 0.167. The van der Waals surface area contributed by atoms with Crippen LogP contribution in [-0.4, -0.2) is 25.1 Å². The van der Waals surface area contributed by atoms with Gasteiger partial charge in [0.25, 0.3) is 5.69 Å². The van der Waals surface area contributed by atoms with Crippen LogP contribution in [0, 0.1) is 10.1 Å². The molecule has 0 unspecified atom stereocenters. The van der Waals surface area contributed by atoms with Crippen molar-refractivity contribution in [2.45, 2.75) is 6.54 Å². The van der Waals surface area contributed by atoms with Gasteiger partial charge in [0.2, 0.25) is 5.91 Å². The molecule has 0 bridgehead atoms. The first kappa shape index (κ1) is 18.0. The average molecular weight is 342 g/mol. The van der Waals surface area contributed by atoms with E-state index in [1.165, 1.54) is 25.3 Å². The van der Waals surface area contributed by atoms with Gasteiger partial charge in [-0.3, -0.25) is 14.9 Å². The summed E-state index contributed by atoms with van der Waals surface area (Å²) in [5, 5.41) is 13.7. The van der Waals surface area contributed by atoms with Crippen LogP contribution in [0.15, 0.2) is 48.5 Å². The number of nitro benzene ring substituents is 1. The molecule has 0 fully saturated rings. The van der Waals surface area contributed by atoms with Crippen LogP contribution in [0.3, 0.4) is 0 Å². The second-order valence-electron chi connectivity index (χ2n) is 5.04. The van der Waals surface area contributed by atoms with Crippen LogP contribution >= 0.6 is 0 Å². The summed E-state index contributed by atoms with van der Waals surface area (Å²) in [5.41, 5.74) is 1.10. The van der Waals surface area contributed by atoms with E-state index in [0.29, 0.717) is 17.1 Å². The number of hydrogen-bond acceptors (Lipinski definition) is 5. The normalized spacial score (nSPS) is 10.5. The molecule has 2 rings (SSSR count). The van der Waals surface area contributed by atoms with Crippen LogP contribution in [0.1, 0.15) is 11.1 Å². The highest BCUT2D eigenvalue weighted by atomic mass is 16.6. The number of nitrogens with one attached hydrogen (secondary N) is 1. The number of carbonyl (C=O) groups is 1. The topological polar surface area (TPSA) is 90.7 Å². The lowest BCUT2D eigenvalue weighted by Gasteiger charge is -2.10. The second-order valence-corrected chi connectivity index (χ2v) is 5.04. The Hall–Kier alpha value is -3.35. The molecule has 1 amide bonds. The third kappa shape index (κ3) is 4.81. The molecule has 7 nitrogen and oxygen atoms in total. The van der Waals surface area contributed by atoms with Gasteiger partial charge in [-0.15, -0.1) is 0 Å². The maximum absolute atomic E-state index is 12.0. The quantitative estimate of drug-likeness (QED) is 0.474. The van der Waals surface area contributed by atoms with Crippen molar-refractivity contribution in [2.24, 2.45) is 0 Å². The first-order chi connectivity index (χ1) is 12.0. The summed E-state index contributed by atoms with van der Waals surface area (Å²) in [6.45, 7) is 0.257. The zero-order valence-corrected chi connectivity index (χ0v) is 13.9. The molecule has 0 saturated carbocycles. The fourth-order valence-corrected chi connectivity index (χ4v) is 2.20. The molecule has 7 heteroatoms. The standard InChI is InChI=1S/C18H18N2O5/c1-24-15-9-7-14(17(11-15)25-2)12-19-18(21)10-8-13-5-3-4-6-16(13)20(22)23/h3-11H,12H2,1-2H3,(H,19,21)/b10-8+. The van der Waals surface area contributed by atoms with Gasteiger partial charge in [-0.1, -0.05) is 12.1 Å². The summed E-state index contributed by atoms with van der Waals surface area (Å²) in [6, 6.07) is 11.5. The minimum Gasteiger partial charge on any atom is -0.497 e. The molecule has 0 spiro atoms. The summed E-state index contributed by atoms with van der Waals surface area (Å²) in [5.74, 6) is 0.890. The van der Waals surface area contributed by atoms with Gasteiger partial charge in [0, 0.05) is 30.3 Å². The number of rotatable bonds is 7. The molecule has 25 heavy (non-hydrogen) atoms. The maximum Gasteiger partial charge on any atom is 0.276 e. The highest BCUT2D eigenvalue weighted by molar-refractivity contribution is 5.92. The smallest absolute Gasteiger partial charge is 0.276 e. The first-order valence-electron chi connectivity index (χ1n) is 7.45. The molecule has 0 saturated heterocycles. The molecule has 2 aromatic carbocycles. The van der Waals surface area contributed by atoms with Crippen LogP contribution in [0.25, 0.3) is 6.08 Å². The number of methoxy groups -OCH3 is 2. The fourth-order valence-electron chi connectivity index (χ4n) is 2.20. The van der Waals surface area contributed by atoms with Gasteiger partial charge in [0.15, 0.2) is 0 Å². The lowest BCUT2D eigenvalue weighted by molar-refractivity contribution is -0.385. The van der Waals surface area contributed by atoms with Crippen molar-refractivity contribution in [1.29, 1.82) is 0 Å². The Morgan fingerprint density at radius 1 is 1.20 bits per heavy atom. The monoisotopic (exact) mass is 342 g/mol. The van der Waals surface area contributed by atoms with Gasteiger partial charge in [0.05, 0.1) is 24.7 Å². The van der Waals surface area contributed by atoms with E-state index in [1.807, 2.05) is 0 Å². The third-order valence-corrected chi connectivity index (χ3v) is 3.50. The lowest BCUT2D eigenvalue weighted by Crippen LogP contribution is -2.20. The Morgan fingerprint density at radius 3 is 2.64 bits per heavy atom. The largest absolute Gasteiger partial charge is 0.497 e. The predicted molar refractivity (Wildman–Crippen MR) is 93.5 cm³/mol. The van der Waals surface area contributed by atoms with Crippen molar-refractivity contribution < 1.29 is 19.2 Å². The van der Waals surface area contributed by atoms with E-state index >= 15 is 0 Å². The van der Waals surface area contributed by atoms with Crippen molar-refractivity contribution in [3.05, 3.63) is 69.8 Å². The Morgan fingerprint density at radius 2 is 1.96 bits per heavy atom. The molecule has 0 aliphatic carbocycles. The van der Waals surface area contributed by atoms with Gasteiger partial charge in [0.1, 0.15) is 11.5 Å². The van der Waals surface area contributed by atoms with Gasteiger partial charge < -0.3 is 14.8 Å². The van der Waals surface area contributed by atoms with Crippen molar-refractivity contribution in [1.82, 2.24) is 5.32 Å². The number of hydrogen-bond donors (Lipinski definition) is 1. The highest BCUT2D eigenvalue weighted by Gasteiger charge is 2.10. The predicted octanol–water partition coefficient (Wildman–Crippen LogP) is 2.94. The highest BCUT2D eigenvalue weighted by Crippen LogP contribution is 2.24. The lowest BCUT2D eigenvalue weighted by atomic mass is 10.1. The van der Waals surface area contributed by atoms with Crippen LogP contribution in [-0.2, 0) is 11.3 Å². The number of nitrogens with zero attached hydrogens (tertiary/aromatic N) is 1. The van der Waals surface area contributed by atoms with Crippen LogP contribution < -0.4 is 14.8 Å². The number of amides is 1. The summed E-state index contributed by atoms with van der Waals surface area (Å²) < 4.78 is 10.4. The molecule has 0 aromatic heterocycles. The first-order valence-corrected chi connectivity index (χ1v) is 7.45. The summed E-state index contributed by atoms with van der Waals surface area (Å²) in [6.07, 6.45) is 2.68. The molecular formula is C18H18N2O5. The molecule has 2 aromatic rings. The van der Waals surface area contributed by atoms with Crippen LogP contribution in [0.4, 0.5) is 5.69 Å².